The van der Waals surface area contributed by atoms with Crippen LogP contribution in [-0.2, 0) is 6.54 Å². The third kappa shape index (κ3) is 3.77. The fourth-order valence-corrected chi connectivity index (χ4v) is 4.31. The van der Waals surface area contributed by atoms with Gasteiger partial charge in [0.2, 0.25) is 0 Å². The van der Waals surface area contributed by atoms with Crippen molar-refractivity contribution in [3.63, 3.8) is 0 Å². The van der Waals surface area contributed by atoms with Crippen molar-refractivity contribution in [3.05, 3.63) is 78.4 Å². The van der Waals surface area contributed by atoms with Crippen LogP contribution < -0.4 is 0 Å². The third-order valence-electron chi connectivity index (χ3n) is 5.86. The van der Waals surface area contributed by atoms with Crippen LogP contribution in [0.4, 0.5) is 8.78 Å². The van der Waals surface area contributed by atoms with E-state index in [9.17, 15) is 4.39 Å². The Hall–Kier alpha value is -4.57. The zero-order valence-corrected chi connectivity index (χ0v) is 19.4. The fourth-order valence-electron chi connectivity index (χ4n) is 4.31. The average molecular weight is 482 g/mol. The summed E-state index contributed by atoms with van der Waals surface area (Å²) in [6.45, 7) is 0.676. The maximum atomic E-state index is 15.9. The van der Waals surface area contributed by atoms with Crippen molar-refractivity contribution >= 4 is 22.1 Å². The molecule has 0 bridgehead atoms. The average Bonchev–Trinajstić information content (AvgIpc) is 3.48. The van der Waals surface area contributed by atoms with E-state index in [1.807, 2.05) is 25.1 Å². The number of benzene rings is 1. The Morgan fingerprint density at radius 1 is 0.972 bits per heavy atom. The highest BCUT2D eigenvalue weighted by Gasteiger charge is 2.21. The van der Waals surface area contributed by atoms with E-state index in [1.165, 1.54) is 18.3 Å². The van der Waals surface area contributed by atoms with Crippen molar-refractivity contribution in [1.29, 1.82) is 0 Å². The van der Waals surface area contributed by atoms with Crippen molar-refractivity contribution in [2.24, 2.45) is 0 Å². The first-order chi connectivity index (χ1) is 17.5. The second-order valence-corrected chi connectivity index (χ2v) is 8.75. The van der Waals surface area contributed by atoms with Gasteiger partial charge in [-0.3, -0.25) is 15.1 Å². The lowest BCUT2D eigenvalue weighted by Crippen LogP contribution is -2.10. The molecule has 0 saturated heterocycles. The van der Waals surface area contributed by atoms with Gasteiger partial charge in [0.25, 0.3) is 0 Å². The first-order valence-corrected chi connectivity index (χ1v) is 11.2. The molecule has 10 heteroatoms. The second kappa shape index (κ2) is 8.58. The molecule has 0 aliphatic heterocycles. The van der Waals surface area contributed by atoms with E-state index in [2.05, 4.69) is 35.1 Å². The number of hydrogen-bond donors (Lipinski definition) is 2. The van der Waals surface area contributed by atoms with Gasteiger partial charge in [-0.15, -0.1) is 0 Å². The molecule has 6 rings (SSSR count). The molecule has 5 aromatic heterocycles. The van der Waals surface area contributed by atoms with E-state index >= 15 is 4.39 Å². The third-order valence-corrected chi connectivity index (χ3v) is 5.86. The predicted molar refractivity (Wildman–Crippen MR) is 133 cm³/mol. The Morgan fingerprint density at radius 3 is 2.69 bits per heavy atom. The van der Waals surface area contributed by atoms with Crippen LogP contribution in [0.15, 0.2) is 61.2 Å². The SMILES string of the molecule is CN(C)Cc1cncc(-c2cnc3n[nH]c(-c4nc5c(-c6cccc(F)c6)nccc5[nH]4)c3c2F)c1. The summed E-state index contributed by atoms with van der Waals surface area (Å²) < 4.78 is 29.8. The van der Waals surface area contributed by atoms with Crippen molar-refractivity contribution < 1.29 is 8.78 Å². The van der Waals surface area contributed by atoms with Crippen LogP contribution in [0.25, 0.3) is 56.0 Å². The zero-order chi connectivity index (χ0) is 24.8. The van der Waals surface area contributed by atoms with E-state index in [0.29, 0.717) is 51.5 Å². The fraction of sp³-hybridized carbons (Fsp3) is 0.115. The van der Waals surface area contributed by atoms with Crippen molar-refractivity contribution in [2.45, 2.75) is 6.54 Å². The topological polar surface area (TPSA) is 99.3 Å². The summed E-state index contributed by atoms with van der Waals surface area (Å²) in [4.78, 5) is 22.9. The summed E-state index contributed by atoms with van der Waals surface area (Å²) in [5.74, 6) is -0.474. The Kier molecular flexibility index (Phi) is 5.23. The number of fused-ring (bicyclic) bond motifs is 2. The van der Waals surface area contributed by atoms with Crippen molar-refractivity contribution in [1.82, 2.24) is 40.0 Å². The van der Waals surface area contributed by atoms with Gasteiger partial charge in [-0.25, -0.2) is 18.7 Å². The van der Waals surface area contributed by atoms with Gasteiger partial charge < -0.3 is 9.88 Å². The summed E-state index contributed by atoms with van der Waals surface area (Å²) in [5, 5.41) is 7.27. The molecule has 1 aromatic carbocycles. The normalized spacial score (nSPS) is 11.7. The quantitative estimate of drug-likeness (QED) is 0.360. The number of rotatable bonds is 5. The van der Waals surface area contributed by atoms with E-state index in [1.54, 1.807) is 36.8 Å². The lowest BCUT2D eigenvalue weighted by Gasteiger charge is -2.11. The molecule has 0 saturated carbocycles. The number of imidazole rings is 1. The Labute approximate surface area is 204 Å². The van der Waals surface area contributed by atoms with E-state index in [-0.39, 0.29) is 16.9 Å². The molecule has 6 aromatic rings. The van der Waals surface area contributed by atoms with Crippen LogP contribution in [0.3, 0.4) is 0 Å². The summed E-state index contributed by atoms with van der Waals surface area (Å²) in [6.07, 6.45) is 6.45. The molecule has 36 heavy (non-hydrogen) atoms. The molecular formula is C26H20F2N8. The first-order valence-electron chi connectivity index (χ1n) is 11.2. The molecule has 2 N–H and O–H groups in total. The van der Waals surface area contributed by atoms with Gasteiger partial charge >= 0.3 is 0 Å². The first kappa shape index (κ1) is 21.9. The van der Waals surface area contributed by atoms with E-state index in [0.717, 1.165) is 5.56 Å². The second-order valence-electron chi connectivity index (χ2n) is 8.75. The Morgan fingerprint density at radius 2 is 1.86 bits per heavy atom. The molecule has 0 radical (unpaired) electrons. The number of nitrogens with one attached hydrogen (secondary N) is 2. The molecule has 0 unspecified atom stereocenters. The highest BCUT2D eigenvalue weighted by atomic mass is 19.1. The minimum atomic E-state index is -0.475. The van der Waals surface area contributed by atoms with Crippen LogP contribution in [-0.4, -0.2) is 54.1 Å². The number of aromatic nitrogens is 7. The minimum absolute atomic E-state index is 0.213. The highest BCUT2D eigenvalue weighted by Crippen LogP contribution is 2.34. The van der Waals surface area contributed by atoms with Gasteiger partial charge in [-0.2, -0.15) is 5.10 Å². The summed E-state index contributed by atoms with van der Waals surface area (Å²) in [6, 6.07) is 9.81. The van der Waals surface area contributed by atoms with Gasteiger partial charge in [-0.05, 0) is 43.9 Å². The maximum Gasteiger partial charge on any atom is 0.184 e. The monoisotopic (exact) mass is 482 g/mol. The van der Waals surface area contributed by atoms with E-state index in [4.69, 9.17) is 0 Å². The van der Waals surface area contributed by atoms with Crippen molar-refractivity contribution in [3.8, 4) is 33.9 Å². The molecule has 178 valence electrons. The van der Waals surface area contributed by atoms with Gasteiger partial charge in [0, 0.05) is 48.0 Å². The molecule has 8 nitrogen and oxygen atoms in total. The summed E-state index contributed by atoms with van der Waals surface area (Å²) in [7, 11) is 3.92. The van der Waals surface area contributed by atoms with Gasteiger partial charge in [0.15, 0.2) is 11.5 Å². The summed E-state index contributed by atoms with van der Waals surface area (Å²) in [5.41, 5.74) is 4.79. The lowest BCUT2D eigenvalue weighted by molar-refractivity contribution is 0.402. The summed E-state index contributed by atoms with van der Waals surface area (Å²) >= 11 is 0. The standard InChI is InChI=1S/C26H20F2N8/c1-36(2)13-14-8-16(11-29-10-14)18-12-31-25-20(21(18)28)24(34-35-25)26-32-19-6-7-30-22(23(19)33-26)15-4-3-5-17(27)9-15/h3-12H,13H2,1-2H3,(H,32,33)(H,31,34,35). The zero-order valence-electron chi connectivity index (χ0n) is 19.4. The van der Waals surface area contributed by atoms with Gasteiger partial charge in [0.1, 0.15) is 22.8 Å². The van der Waals surface area contributed by atoms with Crippen molar-refractivity contribution in [2.75, 3.05) is 14.1 Å². The molecular weight excluding hydrogens is 462 g/mol. The lowest BCUT2D eigenvalue weighted by atomic mass is 10.1. The number of pyridine rings is 3. The van der Waals surface area contributed by atoms with Crippen LogP contribution in [0.1, 0.15) is 5.56 Å². The smallest absolute Gasteiger partial charge is 0.184 e. The Balaban J connectivity index is 1.49. The number of halogens is 2. The van der Waals surface area contributed by atoms with Gasteiger partial charge in [-0.1, -0.05) is 12.1 Å². The molecule has 0 amide bonds. The largest absolute Gasteiger partial charge is 0.337 e. The molecule has 0 aliphatic rings. The number of nitrogens with zero attached hydrogens (tertiary/aromatic N) is 6. The molecule has 0 atom stereocenters. The minimum Gasteiger partial charge on any atom is -0.337 e. The number of hydrogen-bond acceptors (Lipinski definition) is 6. The van der Waals surface area contributed by atoms with Crippen LogP contribution in [0.5, 0.6) is 0 Å². The highest BCUT2D eigenvalue weighted by molar-refractivity contribution is 5.96. The number of aromatic amines is 2. The van der Waals surface area contributed by atoms with Gasteiger partial charge in [0.05, 0.1) is 16.6 Å². The maximum absolute atomic E-state index is 15.9. The van der Waals surface area contributed by atoms with E-state index < -0.39 is 5.82 Å². The number of H-pyrrole nitrogens is 2. The molecule has 0 fully saturated rings. The van der Waals surface area contributed by atoms with Crippen LogP contribution in [0.2, 0.25) is 0 Å². The molecule has 5 heterocycles. The predicted octanol–water partition coefficient (Wildman–Crippen LogP) is 4.97. The Bertz CT molecular complexity index is 1740. The van der Waals surface area contributed by atoms with Crippen LogP contribution >= 0.6 is 0 Å². The van der Waals surface area contributed by atoms with Crippen LogP contribution in [0, 0.1) is 11.6 Å². The molecule has 0 aliphatic carbocycles. The molecule has 0 spiro atoms.